The van der Waals surface area contributed by atoms with Gasteiger partial charge in [-0.05, 0) is 97.2 Å². The second kappa shape index (κ2) is 13.2. The largest absolute Gasteiger partial charge is 0.432 e. The van der Waals surface area contributed by atoms with Crippen LogP contribution in [0.25, 0.3) is 22.3 Å². The molecule has 278 valence electrons. The van der Waals surface area contributed by atoms with Crippen LogP contribution < -0.4 is 4.74 Å². The lowest BCUT2D eigenvalue weighted by molar-refractivity contribution is -0.189. The SMILES string of the molecule is CCCCOC1CCC(c2ccc(-c3cc(F)c(C(F)(F)Oc4ccc(-c5cc(F)c(S(F)(F)(F)(F)F)c(F)c5)c(F)c4)c(F)c3)c(F)c2)CC1. The van der Waals surface area contributed by atoms with Crippen molar-refractivity contribution in [2.24, 2.45) is 0 Å². The number of benzene rings is 4. The molecule has 1 saturated carbocycles. The van der Waals surface area contributed by atoms with E-state index in [-0.39, 0.29) is 35.8 Å². The van der Waals surface area contributed by atoms with Crippen molar-refractivity contribution in [1.82, 2.24) is 0 Å². The summed E-state index contributed by atoms with van der Waals surface area (Å²) >= 11 is 0. The van der Waals surface area contributed by atoms with E-state index < -0.39 is 84.1 Å². The lowest BCUT2D eigenvalue weighted by Crippen LogP contribution is -2.25. The molecule has 0 spiro atoms. The maximum absolute atomic E-state index is 15.2. The number of alkyl halides is 2. The Balaban J connectivity index is 1.33. The Morgan fingerprint density at radius 1 is 0.647 bits per heavy atom. The Morgan fingerprint density at radius 2 is 1.16 bits per heavy atom. The van der Waals surface area contributed by atoms with Crippen molar-refractivity contribution < 1.29 is 64.0 Å². The summed E-state index contributed by atoms with van der Waals surface area (Å²) in [7, 11) is -10.8. The zero-order valence-corrected chi connectivity index (χ0v) is 27.3. The summed E-state index contributed by atoms with van der Waals surface area (Å²) in [5, 5.41) is 0. The van der Waals surface area contributed by atoms with Crippen LogP contribution >= 0.6 is 10.2 Å². The summed E-state index contributed by atoms with van der Waals surface area (Å²) in [5.74, 6) is -12.8. The molecule has 4 aromatic rings. The van der Waals surface area contributed by atoms with Crippen LogP contribution in [0.2, 0.25) is 0 Å². The van der Waals surface area contributed by atoms with E-state index >= 15 is 22.0 Å². The van der Waals surface area contributed by atoms with Crippen molar-refractivity contribution in [3.63, 3.8) is 0 Å². The summed E-state index contributed by atoms with van der Waals surface area (Å²) < 4.78 is 194. The topological polar surface area (TPSA) is 18.5 Å². The van der Waals surface area contributed by atoms with E-state index in [2.05, 4.69) is 11.7 Å². The van der Waals surface area contributed by atoms with Gasteiger partial charge in [0.1, 0.15) is 46.2 Å². The van der Waals surface area contributed by atoms with Gasteiger partial charge in [0.15, 0.2) is 4.90 Å². The van der Waals surface area contributed by atoms with Crippen LogP contribution in [0.3, 0.4) is 0 Å². The van der Waals surface area contributed by atoms with Gasteiger partial charge >= 0.3 is 16.3 Å². The van der Waals surface area contributed by atoms with E-state index in [1.165, 1.54) is 12.1 Å². The highest BCUT2D eigenvalue weighted by Gasteiger charge is 2.69. The van der Waals surface area contributed by atoms with Crippen LogP contribution in [-0.4, -0.2) is 12.7 Å². The molecule has 0 atom stereocenters. The Morgan fingerprint density at radius 3 is 1.65 bits per heavy atom. The number of unbranched alkanes of at least 4 members (excludes halogenated alkanes) is 1. The standard InChI is InChI=1S/C35H29F13O2S/c1-2-3-12-49-23-7-4-19(5-8-23)20-6-10-25(27(36)13-20)21-14-29(38)33(30(39)15-21)35(42,43)50-24-9-11-26(28(37)18-24)22-16-31(40)34(32(41)17-22)51(44,45,46,47)48/h6,9-11,13-19,23H,2-5,7-8,12H2,1H3. The second-order valence-electron chi connectivity index (χ2n) is 12.3. The van der Waals surface area contributed by atoms with E-state index in [1.54, 1.807) is 6.07 Å². The van der Waals surface area contributed by atoms with E-state index in [4.69, 9.17) is 4.74 Å². The van der Waals surface area contributed by atoms with Crippen LogP contribution in [0.5, 0.6) is 5.75 Å². The molecule has 0 aromatic heterocycles. The fourth-order valence-corrected chi connectivity index (χ4v) is 6.91. The number of halogens is 13. The van der Waals surface area contributed by atoms with Crippen molar-refractivity contribution >= 4 is 10.2 Å². The van der Waals surface area contributed by atoms with Gasteiger partial charge in [0, 0.05) is 23.8 Å². The number of ether oxygens (including phenoxy) is 2. The van der Waals surface area contributed by atoms with Crippen LogP contribution in [0.4, 0.5) is 54.6 Å². The Hall–Kier alpha value is -3.92. The first-order valence-electron chi connectivity index (χ1n) is 15.6. The zero-order valence-electron chi connectivity index (χ0n) is 26.5. The molecule has 0 amide bonds. The molecule has 51 heavy (non-hydrogen) atoms. The smallest absolute Gasteiger partial charge is 0.429 e. The summed E-state index contributed by atoms with van der Waals surface area (Å²) in [4.78, 5) is -3.45. The third-order valence-electron chi connectivity index (χ3n) is 8.52. The van der Waals surface area contributed by atoms with Crippen molar-refractivity contribution in [2.45, 2.75) is 68.5 Å². The van der Waals surface area contributed by atoms with Crippen LogP contribution in [-0.2, 0) is 10.8 Å². The van der Waals surface area contributed by atoms with Crippen LogP contribution in [0.1, 0.15) is 62.5 Å². The lowest BCUT2D eigenvalue weighted by atomic mass is 9.82. The molecule has 1 fully saturated rings. The Labute approximate surface area is 283 Å². The van der Waals surface area contributed by atoms with Crippen molar-refractivity contribution in [3.8, 4) is 28.0 Å². The van der Waals surface area contributed by atoms with E-state index in [0.717, 1.165) is 38.5 Å². The molecule has 0 radical (unpaired) electrons. The quantitative estimate of drug-likeness (QED) is 0.112. The normalized spacial score (nSPS) is 18.3. The first kappa shape index (κ1) is 38.3. The molecule has 1 aliphatic rings. The fraction of sp³-hybridized carbons (Fsp3) is 0.314. The van der Waals surface area contributed by atoms with Gasteiger partial charge in [-0.15, -0.1) is 0 Å². The molecule has 2 nitrogen and oxygen atoms in total. The fourth-order valence-electron chi connectivity index (χ4n) is 6.06. The number of hydrogen-bond acceptors (Lipinski definition) is 2. The van der Waals surface area contributed by atoms with Gasteiger partial charge in [0.2, 0.25) is 0 Å². The number of hydrogen-bond donors (Lipinski definition) is 0. The van der Waals surface area contributed by atoms with Crippen LogP contribution in [0, 0.1) is 34.9 Å². The monoisotopic (exact) mass is 760 g/mol. The van der Waals surface area contributed by atoms with E-state index in [0.29, 0.717) is 36.4 Å². The first-order valence-corrected chi connectivity index (χ1v) is 17.5. The maximum atomic E-state index is 15.2. The maximum Gasteiger partial charge on any atom is 0.432 e. The minimum atomic E-state index is -10.8. The van der Waals surface area contributed by atoms with Gasteiger partial charge in [-0.2, -0.15) is 8.78 Å². The average molecular weight is 761 g/mol. The molecule has 5 rings (SSSR count). The molecule has 0 aliphatic heterocycles. The van der Waals surface area contributed by atoms with Gasteiger partial charge < -0.3 is 9.47 Å². The second-order valence-corrected chi connectivity index (χ2v) is 14.6. The highest BCUT2D eigenvalue weighted by molar-refractivity contribution is 8.45. The predicted molar refractivity (Wildman–Crippen MR) is 165 cm³/mol. The van der Waals surface area contributed by atoms with Gasteiger partial charge in [0.25, 0.3) is 0 Å². The molecule has 0 N–H and O–H groups in total. The van der Waals surface area contributed by atoms with E-state index in [9.17, 15) is 32.6 Å². The summed E-state index contributed by atoms with van der Waals surface area (Å²) in [6.07, 6.45) is 0.301. The molecule has 0 saturated heterocycles. The molecule has 0 bridgehead atoms. The Bertz CT molecular complexity index is 1890. The van der Waals surface area contributed by atoms with Gasteiger partial charge in [-0.3, -0.25) is 0 Å². The van der Waals surface area contributed by atoms with Gasteiger partial charge in [0.05, 0.1) is 6.10 Å². The third kappa shape index (κ3) is 8.59. The first-order chi connectivity index (χ1) is 23.6. The van der Waals surface area contributed by atoms with Gasteiger partial charge in [-0.1, -0.05) is 44.9 Å². The highest BCUT2D eigenvalue weighted by Crippen LogP contribution is 3.02. The molecule has 1 aliphatic carbocycles. The lowest BCUT2D eigenvalue weighted by Gasteiger charge is -2.40. The molecular weight excluding hydrogens is 731 g/mol. The minimum absolute atomic E-state index is 0.0245. The molecule has 4 aromatic carbocycles. The van der Waals surface area contributed by atoms with Crippen LogP contribution in [0.15, 0.2) is 65.6 Å². The predicted octanol–water partition coefficient (Wildman–Crippen LogP) is 13.5. The molecular formula is C35H29F13O2S. The van der Waals surface area contributed by atoms with Crippen molar-refractivity contribution in [3.05, 3.63) is 107 Å². The summed E-state index contributed by atoms with van der Waals surface area (Å²) in [5.41, 5.74) is -3.89. The highest BCUT2D eigenvalue weighted by atomic mass is 32.5. The number of rotatable bonds is 11. The molecule has 16 heteroatoms. The zero-order chi connectivity index (χ0) is 37.6. The molecule has 0 unspecified atom stereocenters. The Kier molecular flexibility index (Phi) is 9.95. The summed E-state index contributed by atoms with van der Waals surface area (Å²) in [6.45, 7) is 2.73. The van der Waals surface area contributed by atoms with Crippen molar-refractivity contribution in [1.29, 1.82) is 0 Å². The average Bonchev–Trinajstić information content (AvgIpc) is 2.99. The third-order valence-corrected chi connectivity index (χ3v) is 9.68. The van der Waals surface area contributed by atoms with Gasteiger partial charge in [-0.25, -0.2) is 26.3 Å². The van der Waals surface area contributed by atoms with Crippen molar-refractivity contribution in [2.75, 3.05) is 6.61 Å². The summed E-state index contributed by atoms with van der Waals surface area (Å²) in [6, 6.07) is 5.72. The molecule has 0 heterocycles. The minimum Gasteiger partial charge on any atom is -0.429 e. The van der Waals surface area contributed by atoms with E-state index in [1.807, 2.05) is 0 Å².